The lowest BCUT2D eigenvalue weighted by atomic mass is 10.4. The van der Waals surface area contributed by atoms with Crippen molar-refractivity contribution in [1.82, 2.24) is 21.3 Å². The summed E-state index contributed by atoms with van der Waals surface area (Å²) in [6.45, 7) is 1.75. The van der Waals surface area contributed by atoms with Crippen molar-refractivity contribution in [3.05, 3.63) is 0 Å². The Hall–Kier alpha value is -0.400. The maximum Gasteiger partial charge on any atom is 0.177 e. The van der Waals surface area contributed by atoms with E-state index in [1.165, 1.54) is 16.4 Å². The monoisotopic (exact) mass is 258 g/mol. The summed E-state index contributed by atoms with van der Waals surface area (Å²) in [4.78, 5) is 1.79. The molecular weight excluding hydrogens is 236 g/mol. The topological polar surface area (TPSA) is 161 Å². The molecule has 0 rings (SSSR count). The maximum atomic E-state index is 8.48. The van der Waals surface area contributed by atoms with E-state index in [0.717, 1.165) is 0 Å². The third kappa shape index (κ3) is 13.5. The number of nitrogens with one attached hydrogen (secondary N) is 3. The van der Waals surface area contributed by atoms with Gasteiger partial charge in [-0.05, 0) is 0 Å². The lowest BCUT2D eigenvalue weighted by molar-refractivity contribution is -0.0491. The van der Waals surface area contributed by atoms with Crippen LogP contribution < -0.4 is 16.4 Å². The molecule has 0 bridgehead atoms. The van der Waals surface area contributed by atoms with Crippen LogP contribution in [0.1, 0.15) is 0 Å². The number of nitrogens with zero attached hydrogens (tertiary/aromatic N) is 1. The number of aliphatic hydroxyl groups excluding tert-OH is 3. The first kappa shape index (κ1) is 19.0. The van der Waals surface area contributed by atoms with Crippen molar-refractivity contribution in [3.8, 4) is 0 Å². The summed E-state index contributed by atoms with van der Waals surface area (Å²) in [7, 11) is 0. The molecule has 0 fully saturated rings. The van der Waals surface area contributed by atoms with Gasteiger partial charge in [-0.25, -0.2) is 0 Å². The number of hydroxylamine groups is 3. The van der Waals surface area contributed by atoms with E-state index in [4.69, 9.17) is 30.9 Å². The second-order valence-electron chi connectivity index (χ2n) is 2.83. The highest BCUT2D eigenvalue weighted by Gasteiger charge is 2.00. The van der Waals surface area contributed by atoms with Crippen molar-refractivity contribution in [3.63, 3.8) is 0 Å². The summed E-state index contributed by atoms with van der Waals surface area (Å²) < 4.78 is 0. The van der Waals surface area contributed by atoms with Crippen LogP contribution in [0.3, 0.4) is 0 Å². The molecule has 0 aliphatic heterocycles. The highest BCUT2D eigenvalue weighted by Crippen LogP contribution is 1.84. The molecule has 0 heterocycles. The average Bonchev–Trinajstić information content (AvgIpc) is 2.33. The van der Waals surface area contributed by atoms with Gasteiger partial charge in [0.1, 0.15) is 0 Å². The normalized spacial score (nSPS) is 10.6. The van der Waals surface area contributed by atoms with E-state index in [1.54, 1.807) is 4.90 Å². The molecule has 17 heavy (non-hydrogen) atoms. The van der Waals surface area contributed by atoms with Crippen LogP contribution in [-0.2, 0) is 0 Å². The van der Waals surface area contributed by atoms with Crippen molar-refractivity contribution < 1.29 is 30.9 Å². The fraction of sp³-hybridized carbons (Fsp3) is 1.00. The summed E-state index contributed by atoms with van der Waals surface area (Å²) >= 11 is 0. The number of aliphatic hydroxyl groups is 3. The van der Waals surface area contributed by atoms with E-state index in [0.29, 0.717) is 19.6 Å². The Kier molecular flexibility index (Phi) is 17.4. The van der Waals surface area contributed by atoms with Gasteiger partial charge in [-0.1, -0.05) is 0 Å². The van der Waals surface area contributed by atoms with Crippen molar-refractivity contribution in [2.75, 3.05) is 39.5 Å². The predicted octanol–water partition coefficient (Wildman–Crippen LogP) is -3.53. The molecular formula is C7H22N4O6. The first-order chi connectivity index (χ1) is 8.19. The van der Waals surface area contributed by atoms with Gasteiger partial charge >= 0.3 is 0 Å². The van der Waals surface area contributed by atoms with Crippen LogP contribution in [-0.4, -0.2) is 81.6 Å². The highest BCUT2D eigenvalue weighted by molar-refractivity contribution is 4.54. The molecule has 10 heteroatoms. The molecule has 9 N–H and O–H groups in total. The first-order valence-electron chi connectivity index (χ1n) is 4.93. The second-order valence-corrected chi connectivity index (χ2v) is 2.83. The largest absolute Gasteiger partial charge is 0.395 e. The first-order valence-corrected chi connectivity index (χ1v) is 4.93. The van der Waals surface area contributed by atoms with Crippen molar-refractivity contribution in [2.45, 2.75) is 6.29 Å². The van der Waals surface area contributed by atoms with E-state index >= 15 is 0 Å². The lowest BCUT2D eigenvalue weighted by Gasteiger charge is -2.17. The Morgan fingerprint density at radius 3 is 1.12 bits per heavy atom. The molecule has 0 radical (unpaired) electrons. The molecule has 10 nitrogen and oxygen atoms in total. The SMILES string of the molecule is OCCN(CCO)CCO.ONC(NO)NO. The Balaban J connectivity index is 0. The zero-order valence-electron chi connectivity index (χ0n) is 9.45. The number of hydrogen-bond acceptors (Lipinski definition) is 10. The summed E-state index contributed by atoms with van der Waals surface area (Å²) in [5.41, 5.74) is 4.44. The second kappa shape index (κ2) is 15.6. The standard InChI is InChI=1S/C6H15NO3.CH7N3O3/c8-4-1-7(2-5-9)3-6-10;5-2-1(3-6)4-7/h8-10H,1-6H2;1-7H. The molecule has 0 aliphatic rings. The van der Waals surface area contributed by atoms with Gasteiger partial charge in [-0.15, -0.1) is 0 Å². The highest BCUT2D eigenvalue weighted by atomic mass is 16.5. The molecule has 0 aromatic heterocycles. The third-order valence-corrected chi connectivity index (χ3v) is 1.64. The van der Waals surface area contributed by atoms with Gasteiger partial charge in [0.05, 0.1) is 19.8 Å². The van der Waals surface area contributed by atoms with Gasteiger partial charge in [0, 0.05) is 19.6 Å². The molecule has 0 unspecified atom stereocenters. The minimum Gasteiger partial charge on any atom is -0.395 e. The van der Waals surface area contributed by atoms with Gasteiger partial charge in [0.2, 0.25) is 0 Å². The Bertz CT molecular complexity index is 120. The van der Waals surface area contributed by atoms with E-state index < -0.39 is 6.29 Å². The Morgan fingerprint density at radius 2 is 1.00 bits per heavy atom. The Labute approximate surface area is 99.0 Å². The summed E-state index contributed by atoms with van der Waals surface area (Å²) in [6, 6.07) is 0. The quantitative estimate of drug-likeness (QED) is 0.150. The van der Waals surface area contributed by atoms with Crippen molar-refractivity contribution >= 4 is 0 Å². The summed E-state index contributed by atoms with van der Waals surface area (Å²) in [5, 5.41) is 48.9. The van der Waals surface area contributed by atoms with E-state index in [-0.39, 0.29) is 19.8 Å². The molecule has 0 aromatic rings. The van der Waals surface area contributed by atoms with E-state index in [2.05, 4.69) is 0 Å². The van der Waals surface area contributed by atoms with Crippen LogP contribution in [0, 0.1) is 0 Å². The van der Waals surface area contributed by atoms with Gasteiger partial charge in [0.15, 0.2) is 6.29 Å². The van der Waals surface area contributed by atoms with Crippen LogP contribution in [0.4, 0.5) is 0 Å². The molecule has 0 saturated carbocycles. The van der Waals surface area contributed by atoms with Gasteiger partial charge in [-0.3, -0.25) is 4.90 Å². The average molecular weight is 258 g/mol. The Morgan fingerprint density at radius 1 is 0.706 bits per heavy atom. The molecule has 0 amide bonds. The lowest BCUT2D eigenvalue weighted by Crippen LogP contribution is -2.48. The van der Waals surface area contributed by atoms with Crippen LogP contribution in [0.25, 0.3) is 0 Å². The van der Waals surface area contributed by atoms with Crippen molar-refractivity contribution in [2.24, 2.45) is 0 Å². The number of rotatable bonds is 9. The minimum absolute atomic E-state index is 0.0694. The van der Waals surface area contributed by atoms with Crippen LogP contribution in [0.15, 0.2) is 0 Å². The van der Waals surface area contributed by atoms with Gasteiger partial charge in [0.25, 0.3) is 0 Å². The zero-order chi connectivity index (χ0) is 13.5. The molecule has 0 atom stereocenters. The molecule has 0 spiro atoms. The fourth-order valence-corrected chi connectivity index (χ4v) is 0.846. The van der Waals surface area contributed by atoms with Crippen LogP contribution >= 0.6 is 0 Å². The zero-order valence-corrected chi connectivity index (χ0v) is 9.45. The fourth-order valence-electron chi connectivity index (χ4n) is 0.846. The van der Waals surface area contributed by atoms with Gasteiger partial charge in [-0.2, -0.15) is 16.4 Å². The van der Waals surface area contributed by atoms with Gasteiger partial charge < -0.3 is 30.9 Å². The maximum absolute atomic E-state index is 8.48. The summed E-state index contributed by atoms with van der Waals surface area (Å²) in [6.07, 6.45) is -1.10. The third-order valence-electron chi connectivity index (χ3n) is 1.64. The minimum atomic E-state index is -1.10. The summed E-state index contributed by atoms with van der Waals surface area (Å²) in [5.74, 6) is 0. The molecule has 106 valence electrons. The van der Waals surface area contributed by atoms with E-state index in [1.807, 2.05) is 0 Å². The smallest absolute Gasteiger partial charge is 0.177 e. The van der Waals surface area contributed by atoms with Crippen molar-refractivity contribution in [1.29, 1.82) is 0 Å². The predicted molar refractivity (Wildman–Crippen MR) is 56.3 cm³/mol. The number of hydrogen-bond donors (Lipinski definition) is 9. The van der Waals surface area contributed by atoms with E-state index in [9.17, 15) is 0 Å². The molecule has 0 saturated heterocycles. The van der Waals surface area contributed by atoms with Crippen LogP contribution in [0.5, 0.6) is 0 Å². The van der Waals surface area contributed by atoms with Crippen LogP contribution in [0.2, 0.25) is 0 Å². The molecule has 0 aliphatic carbocycles. The molecule has 0 aromatic carbocycles.